The number of anilines is 1. The van der Waals surface area contributed by atoms with Crippen LogP contribution in [0.15, 0.2) is 30.9 Å². The second-order valence-corrected chi connectivity index (χ2v) is 4.04. The van der Waals surface area contributed by atoms with Crippen LogP contribution in [0.5, 0.6) is 0 Å². The number of carbonyl (C=O) groups is 1. The molecule has 1 aromatic rings. The molecule has 0 saturated carbocycles. The molecule has 92 valence electrons. The molecule has 0 heterocycles. The number of hydrogen-bond donors (Lipinski definition) is 0. The Balaban J connectivity index is 2.92. The van der Waals surface area contributed by atoms with Gasteiger partial charge in [0.2, 0.25) is 0 Å². The molecule has 0 aromatic heterocycles. The van der Waals surface area contributed by atoms with E-state index in [2.05, 4.69) is 6.58 Å². The molecule has 0 aliphatic heterocycles. The number of halogens is 1. The third-order valence-electron chi connectivity index (χ3n) is 2.66. The Labute approximate surface area is 102 Å². The van der Waals surface area contributed by atoms with Crippen molar-refractivity contribution in [1.29, 1.82) is 0 Å². The van der Waals surface area contributed by atoms with Crippen LogP contribution in [0.3, 0.4) is 0 Å². The summed E-state index contributed by atoms with van der Waals surface area (Å²) in [5.41, 5.74) is 0.829. The average molecular weight is 235 g/mol. The summed E-state index contributed by atoms with van der Waals surface area (Å²) in [6.07, 6.45) is 3.70. The quantitative estimate of drug-likeness (QED) is 0.428. The molecule has 0 amide bonds. The molecule has 1 aromatic carbocycles. The van der Waals surface area contributed by atoms with Crippen LogP contribution >= 0.6 is 0 Å². The number of carbonyl (C=O) groups excluding carboxylic acids is 1. The Bertz CT molecular complexity index is 415. The number of allylic oxidation sites excluding steroid dienone is 1. The fourth-order valence-electron chi connectivity index (χ4n) is 1.77. The lowest BCUT2D eigenvalue weighted by atomic mass is 10.1. The summed E-state index contributed by atoms with van der Waals surface area (Å²) in [4.78, 5) is 13.3. The molecular weight excluding hydrogens is 217 g/mol. The molecular formula is C14H18FNO. The highest BCUT2D eigenvalue weighted by Crippen LogP contribution is 2.23. The molecule has 0 radical (unpaired) electrons. The predicted octanol–water partition coefficient (Wildman–Crippen LogP) is 3.43. The van der Waals surface area contributed by atoms with E-state index in [9.17, 15) is 9.18 Å². The van der Waals surface area contributed by atoms with Gasteiger partial charge in [0.1, 0.15) is 5.82 Å². The summed E-state index contributed by atoms with van der Waals surface area (Å²) < 4.78 is 13.6. The summed E-state index contributed by atoms with van der Waals surface area (Å²) in [5.74, 6) is -0.695. The van der Waals surface area contributed by atoms with E-state index < -0.39 is 5.82 Å². The standard InChI is InChI=1S/C14H18FNO/c1-4-5-6-10-16(3)13-9-7-8-12(15)14(13)11(2)17/h4,7-9H,1,5-6,10H2,2-3H3. The first-order valence-corrected chi connectivity index (χ1v) is 5.69. The second kappa shape index (κ2) is 6.18. The minimum Gasteiger partial charge on any atom is -0.374 e. The van der Waals surface area contributed by atoms with E-state index in [1.54, 1.807) is 12.1 Å². The van der Waals surface area contributed by atoms with Crippen molar-refractivity contribution in [3.05, 3.63) is 42.2 Å². The summed E-state index contributed by atoms with van der Waals surface area (Å²) in [6.45, 7) is 5.82. The average Bonchev–Trinajstić information content (AvgIpc) is 2.28. The molecule has 0 N–H and O–H groups in total. The fraction of sp³-hybridized carbons (Fsp3) is 0.357. The van der Waals surface area contributed by atoms with Crippen LogP contribution < -0.4 is 4.90 Å². The smallest absolute Gasteiger partial charge is 0.164 e. The van der Waals surface area contributed by atoms with E-state index in [1.165, 1.54) is 13.0 Å². The molecule has 0 aliphatic rings. The second-order valence-electron chi connectivity index (χ2n) is 4.04. The van der Waals surface area contributed by atoms with Gasteiger partial charge < -0.3 is 4.90 Å². The highest BCUT2D eigenvalue weighted by molar-refractivity contribution is 5.99. The zero-order chi connectivity index (χ0) is 12.8. The van der Waals surface area contributed by atoms with Gasteiger partial charge in [-0.15, -0.1) is 6.58 Å². The highest BCUT2D eigenvalue weighted by Gasteiger charge is 2.15. The summed E-state index contributed by atoms with van der Waals surface area (Å²) >= 11 is 0. The van der Waals surface area contributed by atoms with E-state index in [0.717, 1.165) is 19.4 Å². The third kappa shape index (κ3) is 3.41. The van der Waals surface area contributed by atoms with Gasteiger partial charge in [0, 0.05) is 13.6 Å². The zero-order valence-electron chi connectivity index (χ0n) is 10.4. The van der Waals surface area contributed by atoms with Gasteiger partial charge in [0.15, 0.2) is 5.78 Å². The minimum atomic E-state index is -0.453. The van der Waals surface area contributed by atoms with Gasteiger partial charge in [-0.2, -0.15) is 0 Å². The van der Waals surface area contributed by atoms with Crippen LogP contribution in [0.4, 0.5) is 10.1 Å². The normalized spacial score (nSPS) is 10.1. The lowest BCUT2D eigenvalue weighted by Gasteiger charge is -2.21. The van der Waals surface area contributed by atoms with Gasteiger partial charge in [-0.1, -0.05) is 12.1 Å². The van der Waals surface area contributed by atoms with Gasteiger partial charge >= 0.3 is 0 Å². The molecule has 1 rings (SSSR count). The van der Waals surface area contributed by atoms with Crippen molar-refractivity contribution < 1.29 is 9.18 Å². The minimum absolute atomic E-state index is 0.175. The lowest BCUT2D eigenvalue weighted by Crippen LogP contribution is -2.21. The maximum atomic E-state index is 13.6. The van der Waals surface area contributed by atoms with E-state index in [-0.39, 0.29) is 11.3 Å². The van der Waals surface area contributed by atoms with Crippen molar-refractivity contribution in [2.75, 3.05) is 18.5 Å². The van der Waals surface area contributed by atoms with E-state index in [4.69, 9.17) is 0 Å². The molecule has 0 fully saturated rings. The van der Waals surface area contributed by atoms with Gasteiger partial charge in [0.25, 0.3) is 0 Å². The van der Waals surface area contributed by atoms with Gasteiger partial charge in [0.05, 0.1) is 11.3 Å². The van der Waals surface area contributed by atoms with Crippen molar-refractivity contribution in [1.82, 2.24) is 0 Å². The van der Waals surface area contributed by atoms with Crippen LogP contribution in [0.1, 0.15) is 30.1 Å². The Morgan fingerprint density at radius 2 is 2.24 bits per heavy atom. The molecule has 3 heteroatoms. The third-order valence-corrected chi connectivity index (χ3v) is 2.66. The molecule has 2 nitrogen and oxygen atoms in total. The lowest BCUT2D eigenvalue weighted by molar-refractivity contribution is 0.101. The van der Waals surface area contributed by atoms with Gasteiger partial charge in [-0.3, -0.25) is 4.79 Å². The van der Waals surface area contributed by atoms with Gasteiger partial charge in [-0.25, -0.2) is 4.39 Å². The Hall–Kier alpha value is -1.64. The van der Waals surface area contributed by atoms with Crippen LogP contribution in [0, 0.1) is 5.82 Å². The maximum Gasteiger partial charge on any atom is 0.164 e. The van der Waals surface area contributed by atoms with Crippen molar-refractivity contribution in [3.8, 4) is 0 Å². The SMILES string of the molecule is C=CCCCN(C)c1cccc(F)c1C(C)=O. The number of Topliss-reactive ketones (excluding diaryl/α,β-unsaturated/α-hetero) is 1. The number of rotatable bonds is 6. The molecule has 0 unspecified atom stereocenters. The first-order valence-electron chi connectivity index (χ1n) is 5.69. The number of ketones is 1. The number of hydrogen-bond acceptors (Lipinski definition) is 2. The monoisotopic (exact) mass is 235 g/mol. The summed E-state index contributed by atoms with van der Waals surface area (Å²) in [6, 6.07) is 4.71. The van der Waals surface area contributed by atoms with Crippen LogP contribution in [-0.4, -0.2) is 19.4 Å². The Morgan fingerprint density at radius 1 is 1.53 bits per heavy atom. The van der Waals surface area contributed by atoms with Crippen molar-refractivity contribution in [2.24, 2.45) is 0 Å². The largest absolute Gasteiger partial charge is 0.374 e. The Morgan fingerprint density at radius 3 is 2.82 bits per heavy atom. The van der Waals surface area contributed by atoms with E-state index >= 15 is 0 Å². The molecule has 0 bridgehead atoms. The summed E-state index contributed by atoms with van der Waals surface area (Å²) in [7, 11) is 1.87. The van der Waals surface area contributed by atoms with E-state index in [1.807, 2.05) is 18.0 Å². The molecule has 0 aliphatic carbocycles. The van der Waals surface area contributed by atoms with Crippen molar-refractivity contribution in [2.45, 2.75) is 19.8 Å². The van der Waals surface area contributed by atoms with Crippen LogP contribution in [0.2, 0.25) is 0 Å². The van der Waals surface area contributed by atoms with Crippen molar-refractivity contribution >= 4 is 11.5 Å². The van der Waals surface area contributed by atoms with Crippen molar-refractivity contribution in [3.63, 3.8) is 0 Å². The fourth-order valence-corrected chi connectivity index (χ4v) is 1.77. The predicted molar refractivity (Wildman–Crippen MR) is 69.1 cm³/mol. The topological polar surface area (TPSA) is 20.3 Å². The van der Waals surface area contributed by atoms with Crippen LogP contribution in [-0.2, 0) is 0 Å². The maximum absolute atomic E-state index is 13.6. The zero-order valence-corrected chi connectivity index (χ0v) is 10.4. The Kier molecular flexibility index (Phi) is 4.88. The molecule has 17 heavy (non-hydrogen) atoms. The van der Waals surface area contributed by atoms with E-state index in [0.29, 0.717) is 5.69 Å². The first-order chi connectivity index (χ1) is 8.07. The number of benzene rings is 1. The molecule has 0 spiro atoms. The first kappa shape index (κ1) is 13.4. The number of nitrogens with zero attached hydrogens (tertiary/aromatic N) is 1. The van der Waals surface area contributed by atoms with Gasteiger partial charge in [-0.05, 0) is 31.9 Å². The molecule has 0 saturated heterocycles. The highest BCUT2D eigenvalue weighted by atomic mass is 19.1. The molecule has 0 atom stereocenters. The number of unbranched alkanes of at least 4 members (excludes halogenated alkanes) is 1. The van der Waals surface area contributed by atoms with Crippen LogP contribution in [0.25, 0.3) is 0 Å². The summed E-state index contributed by atoms with van der Waals surface area (Å²) in [5, 5.41) is 0.